The van der Waals surface area contributed by atoms with Gasteiger partial charge in [-0.2, -0.15) is 0 Å². The van der Waals surface area contributed by atoms with Crippen LogP contribution in [0.5, 0.6) is 0 Å². The van der Waals surface area contributed by atoms with Crippen LogP contribution in [0, 0.1) is 5.41 Å². The van der Waals surface area contributed by atoms with E-state index in [1.54, 1.807) is 0 Å². The molecule has 1 fully saturated rings. The van der Waals surface area contributed by atoms with Crippen LogP contribution in [0.3, 0.4) is 0 Å². The SMILES string of the molecule is CC1(C)CCCN(c2ncnc(Cl)c2N)CC1. The molecule has 1 saturated heterocycles. The highest BCUT2D eigenvalue weighted by atomic mass is 35.5. The molecule has 0 aromatic carbocycles. The lowest BCUT2D eigenvalue weighted by Crippen LogP contribution is -2.27. The second kappa shape index (κ2) is 4.69. The first-order valence-electron chi connectivity index (χ1n) is 6.00. The molecule has 0 spiro atoms. The van der Waals surface area contributed by atoms with Crippen molar-refractivity contribution in [3.8, 4) is 0 Å². The van der Waals surface area contributed by atoms with Gasteiger partial charge < -0.3 is 10.6 Å². The quantitative estimate of drug-likeness (QED) is 0.783. The van der Waals surface area contributed by atoms with E-state index in [0.29, 0.717) is 16.3 Å². The number of anilines is 2. The maximum Gasteiger partial charge on any atom is 0.157 e. The summed E-state index contributed by atoms with van der Waals surface area (Å²) >= 11 is 5.93. The molecule has 2 heterocycles. The summed E-state index contributed by atoms with van der Waals surface area (Å²) < 4.78 is 0. The van der Waals surface area contributed by atoms with Gasteiger partial charge in [0, 0.05) is 13.1 Å². The molecule has 2 N–H and O–H groups in total. The Bertz CT molecular complexity index is 405. The predicted octanol–water partition coefficient (Wildman–Crippen LogP) is 2.73. The van der Waals surface area contributed by atoms with E-state index in [1.165, 1.54) is 12.7 Å². The fraction of sp³-hybridized carbons (Fsp3) is 0.667. The van der Waals surface area contributed by atoms with Crippen LogP contribution in [0.2, 0.25) is 5.15 Å². The predicted molar refractivity (Wildman–Crippen MR) is 71.3 cm³/mol. The number of nitrogens with two attached hydrogens (primary N) is 1. The fourth-order valence-electron chi connectivity index (χ4n) is 2.25. The highest BCUT2D eigenvalue weighted by Crippen LogP contribution is 2.33. The number of nitrogen functional groups attached to an aromatic ring is 1. The van der Waals surface area contributed by atoms with Gasteiger partial charge in [0.25, 0.3) is 0 Å². The van der Waals surface area contributed by atoms with Gasteiger partial charge in [0.05, 0.1) is 0 Å². The second-order valence-corrected chi connectivity index (χ2v) is 5.76. The van der Waals surface area contributed by atoms with Crippen LogP contribution in [-0.2, 0) is 0 Å². The number of rotatable bonds is 1. The zero-order chi connectivity index (χ0) is 12.5. The molecule has 94 valence electrons. The maximum atomic E-state index is 5.93. The van der Waals surface area contributed by atoms with Crippen molar-refractivity contribution in [2.45, 2.75) is 33.1 Å². The monoisotopic (exact) mass is 254 g/mol. The van der Waals surface area contributed by atoms with Gasteiger partial charge in [-0.3, -0.25) is 0 Å². The molecule has 0 unspecified atom stereocenters. The molecule has 0 amide bonds. The van der Waals surface area contributed by atoms with Crippen LogP contribution < -0.4 is 10.6 Å². The normalized spacial score (nSPS) is 20.1. The topological polar surface area (TPSA) is 55.0 Å². The van der Waals surface area contributed by atoms with Crippen molar-refractivity contribution in [2.75, 3.05) is 23.7 Å². The number of halogens is 1. The zero-order valence-corrected chi connectivity index (χ0v) is 11.2. The average molecular weight is 255 g/mol. The molecule has 4 nitrogen and oxygen atoms in total. The third-order valence-corrected chi connectivity index (χ3v) is 3.76. The Hall–Kier alpha value is -1.03. The molecule has 1 aromatic rings. The Morgan fingerprint density at radius 1 is 1.29 bits per heavy atom. The molecule has 0 atom stereocenters. The lowest BCUT2D eigenvalue weighted by atomic mass is 9.85. The van der Waals surface area contributed by atoms with Gasteiger partial charge in [-0.05, 0) is 24.7 Å². The number of nitrogens with zero attached hydrogens (tertiary/aromatic N) is 3. The smallest absolute Gasteiger partial charge is 0.157 e. The number of hydrogen-bond donors (Lipinski definition) is 1. The fourth-order valence-corrected chi connectivity index (χ4v) is 2.38. The summed E-state index contributed by atoms with van der Waals surface area (Å²) in [4.78, 5) is 10.4. The second-order valence-electron chi connectivity index (χ2n) is 5.41. The number of hydrogen-bond acceptors (Lipinski definition) is 4. The summed E-state index contributed by atoms with van der Waals surface area (Å²) in [6.45, 7) is 6.59. The van der Waals surface area contributed by atoms with E-state index in [-0.39, 0.29) is 0 Å². The van der Waals surface area contributed by atoms with E-state index in [4.69, 9.17) is 17.3 Å². The Labute approximate surface area is 107 Å². The maximum absolute atomic E-state index is 5.93. The third-order valence-electron chi connectivity index (χ3n) is 3.45. The van der Waals surface area contributed by atoms with E-state index in [0.717, 1.165) is 31.7 Å². The minimum atomic E-state index is 0.346. The summed E-state index contributed by atoms with van der Waals surface area (Å²) in [6.07, 6.45) is 5.02. The molecule has 0 bridgehead atoms. The first-order chi connectivity index (χ1) is 7.99. The first-order valence-corrected chi connectivity index (χ1v) is 6.38. The van der Waals surface area contributed by atoms with Crippen molar-refractivity contribution < 1.29 is 0 Å². The number of aromatic nitrogens is 2. The van der Waals surface area contributed by atoms with Crippen molar-refractivity contribution in [2.24, 2.45) is 5.41 Å². The summed E-state index contributed by atoms with van der Waals surface area (Å²) in [5, 5.41) is 0.346. The largest absolute Gasteiger partial charge is 0.393 e. The minimum Gasteiger partial charge on any atom is -0.393 e. The highest BCUT2D eigenvalue weighted by molar-refractivity contribution is 6.32. The van der Waals surface area contributed by atoms with Crippen molar-refractivity contribution >= 4 is 23.1 Å². The Morgan fingerprint density at radius 3 is 2.82 bits per heavy atom. The molecule has 0 aliphatic carbocycles. The summed E-state index contributed by atoms with van der Waals surface area (Å²) in [5.74, 6) is 0.780. The summed E-state index contributed by atoms with van der Waals surface area (Å²) in [6, 6.07) is 0. The molecule has 2 rings (SSSR count). The van der Waals surface area contributed by atoms with E-state index in [2.05, 4.69) is 28.7 Å². The Balaban J connectivity index is 2.20. The van der Waals surface area contributed by atoms with Gasteiger partial charge in [0.2, 0.25) is 0 Å². The van der Waals surface area contributed by atoms with Crippen molar-refractivity contribution in [3.05, 3.63) is 11.5 Å². The average Bonchev–Trinajstić information content (AvgIpc) is 2.44. The van der Waals surface area contributed by atoms with Crippen LogP contribution in [-0.4, -0.2) is 23.1 Å². The molecule has 1 aliphatic heterocycles. The van der Waals surface area contributed by atoms with Crippen molar-refractivity contribution in [3.63, 3.8) is 0 Å². The Kier molecular flexibility index (Phi) is 3.43. The van der Waals surface area contributed by atoms with Crippen molar-refractivity contribution in [1.82, 2.24) is 9.97 Å². The van der Waals surface area contributed by atoms with Crippen LogP contribution in [0.1, 0.15) is 33.1 Å². The third kappa shape index (κ3) is 2.80. The van der Waals surface area contributed by atoms with Crippen LogP contribution in [0.25, 0.3) is 0 Å². The molecule has 17 heavy (non-hydrogen) atoms. The molecule has 1 aromatic heterocycles. The zero-order valence-electron chi connectivity index (χ0n) is 10.4. The lowest BCUT2D eigenvalue weighted by Gasteiger charge is -2.24. The summed E-state index contributed by atoms with van der Waals surface area (Å²) in [7, 11) is 0. The molecule has 1 aliphatic rings. The molecule has 5 heteroatoms. The minimum absolute atomic E-state index is 0.346. The van der Waals surface area contributed by atoms with E-state index in [9.17, 15) is 0 Å². The highest BCUT2D eigenvalue weighted by Gasteiger charge is 2.24. The van der Waals surface area contributed by atoms with Gasteiger partial charge in [0.1, 0.15) is 12.0 Å². The molecular formula is C12H19ClN4. The Morgan fingerprint density at radius 2 is 2.06 bits per heavy atom. The van der Waals surface area contributed by atoms with E-state index >= 15 is 0 Å². The van der Waals surface area contributed by atoms with Crippen molar-refractivity contribution in [1.29, 1.82) is 0 Å². The van der Waals surface area contributed by atoms with E-state index < -0.39 is 0 Å². The van der Waals surface area contributed by atoms with E-state index in [1.807, 2.05) is 0 Å². The van der Waals surface area contributed by atoms with Gasteiger partial charge in [-0.15, -0.1) is 0 Å². The van der Waals surface area contributed by atoms with Crippen LogP contribution in [0.4, 0.5) is 11.5 Å². The van der Waals surface area contributed by atoms with Gasteiger partial charge >= 0.3 is 0 Å². The molecular weight excluding hydrogens is 236 g/mol. The van der Waals surface area contributed by atoms with Crippen LogP contribution in [0.15, 0.2) is 6.33 Å². The molecule has 0 radical (unpaired) electrons. The first kappa shape index (κ1) is 12.4. The van der Waals surface area contributed by atoms with Gasteiger partial charge in [0.15, 0.2) is 11.0 Å². The standard InChI is InChI=1S/C12H19ClN4/c1-12(2)4-3-6-17(7-5-12)11-9(14)10(13)15-8-16-11/h8H,3-7,14H2,1-2H3. The molecule has 0 saturated carbocycles. The van der Waals surface area contributed by atoms with Crippen LogP contribution >= 0.6 is 11.6 Å². The summed E-state index contributed by atoms with van der Waals surface area (Å²) in [5.41, 5.74) is 6.83. The van der Waals surface area contributed by atoms with Gasteiger partial charge in [-0.1, -0.05) is 25.4 Å². The lowest BCUT2D eigenvalue weighted by molar-refractivity contribution is 0.325. The van der Waals surface area contributed by atoms with Gasteiger partial charge in [-0.25, -0.2) is 9.97 Å².